The smallest absolute Gasteiger partial charge is 0.239 e. The van der Waals surface area contributed by atoms with Crippen LogP contribution < -0.4 is 20.5 Å². The lowest BCUT2D eigenvalue weighted by Gasteiger charge is -2.18. The predicted molar refractivity (Wildman–Crippen MR) is 69.2 cm³/mol. The van der Waals surface area contributed by atoms with Gasteiger partial charge in [-0.15, -0.1) is 0 Å². The molecule has 7 heteroatoms. The Labute approximate surface area is 109 Å². The minimum atomic E-state index is -0.138. The zero-order chi connectivity index (χ0) is 13.4. The minimum Gasteiger partial charge on any atom is -0.486 e. The molecule has 1 aliphatic rings. The SMILES string of the molecule is CNC(=O)Cn1c(N)nc2cc3c(cc21)OCCO3. The fraction of sp³-hybridized carbons (Fsp3) is 0.333. The van der Waals surface area contributed by atoms with Crippen molar-refractivity contribution in [3.8, 4) is 11.5 Å². The van der Waals surface area contributed by atoms with Crippen LogP contribution in [0.3, 0.4) is 0 Å². The van der Waals surface area contributed by atoms with Gasteiger partial charge in [0, 0.05) is 19.2 Å². The molecule has 1 aliphatic heterocycles. The maximum absolute atomic E-state index is 11.5. The van der Waals surface area contributed by atoms with Crippen LogP contribution in [0.25, 0.3) is 11.0 Å². The lowest BCUT2D eigenvalue weighted by atomic mass is 10.2. The molecule has 2 aromatic rings. The second kappa shape index (κ2) is 4.34. The number of rotatable bonds is 2. The number of likely N-dealkylation sites (N-methyl/N-ethyl adjacent to an activating group) is 1. The van der Waals surface area contributed by atoms with Crippen LogP contribution in [0, 0.1) is 0 Å². The van der Waals surface area contributed by atoms with Gasteiger partial charge in [-0.05, 0) is 0 Å². The molecular weight excluding hydrogens is 248 g/mol. The number of aromatic nitrogens is 2. The summed E-state index contributed by atoms with van der Waals surface area (Å²) in [6, 6.07) is 3.58. The number of fused-ring (bicyclic) bond motifs is 2. The Morgan fingerprint density at radius 3 is 2.79 bits per heavy atom. The molecule has 0 bridgehead atoms. The van der Waals surface area contributed by atoms with Crippen molar-refractivity contribution in [2.75, 3.05) is 26.0 Å². The van der Waals surface area contributed by atoms with E-state index in [2.05, 4.69) is 10.3 Å². The molecule has 0 saturated heterocycles. The average Bonchev–Trinajstić information content (AvgIpc) is 2.72. The van der Waals surface area contributed by atoms with E-state index >= 15 is 0 Å². The Bertz CT molecular complexity index is 650. The van der Waals surface area contributed by atoms with Gasteiger partial charge in [-0.25, -0.2) is 4.98 Å². The van der Waals surface area contributed by atoms with Crippen LogP contribution in [0.15, 0.2) is 12.1 Å². The standard InChI is InChI=1S/C12H14N4O3/c1-14-11(17)6-16-8-5-10-9(18-2-3-19-10)4-7(8)15-12(16)13/h4-5H,2-3,6H2,1H3,(H2,13,15)(H,14,17). The van der Waals surface area contributed by atoms with Crippen LogP contribution in [0.5, 0.6) is 11.5 Å². The molecule has 0 aliphatic carbocycles. The molecule has 0 saturated carbocycles. The first kappa shape index (κ1) is 11.6. The van der Waals surface area contributed by atoms with Crippen molar-refractivity contribution in [3.05, 3.63) is 12.1 Å². The Morgan fingerprint density at radius 2 is 2.11 bits per heavy atom. The number of anilines is 1. The van der Waals surface area contributed by atoms with Crippen LogP contribution in [-0.2, 0) is 11.3 Å². The van der Waals surface area contributed by atoms with Crippen molar-refractivity contribution in [2.45, 2.75) is 6.54 Å². The molecule has 1 aromatic heterocycles. The van der Waals surface area contributed by atoms with Crippen LogP contribution >= 0.6 is 0 Å². The molecule has 3 rings (SSSR count). The van der Waals surface area contributed by atoms with Crippen LogP contribution in [0.4, 0.5) is 5.95 Å². The van der Waals surface area contributed by atoms with Gasteiger partial charge in [0.25, 0.3) is 0 Å². The summed E-state index contributed by atoms with van der Waals surface area (Å²) < 4.78 is 12.7. The van der Waals surface area contributed by atoms with Crippen molar-refractivity contribution in [3.63, 3.8) is 0 Å². The zero-order valence-electron chi connectivity index (χ0n) is 10.5. The fourth-order valence-electron chi connectivity index (χ4n) is 2.07. The number of carbonyl (C=O) groups is 1. The summed E-state index contributed by atoms with van der Waals surface area (Å²) >= 11 is 0. The van der Waals surface area contributed by atoms with E-state index < -0.39 is 0 Å². The monoisotopic (exact) mass is 262 g/mol. The summed E-state index contributed by atoms with van der Waals surface area (Å²) in [7, 11) is 1.58. The van der Waals surface area contributed by atoms with Crippen molar-refractivity contribution < 1.29 is 14.3 Å². The third kappa shape index (κ3) is 1.92. The van der Waals surface area contributed by atoms with Gasteiger partial charge in [0.1, 0.15) is 19.8 Å². The highest BCUT2D eigenvalue weighted by atomic mass is 16.6. The van der Waals surface area contributed by atoms with E-state index in [-0.39, 0.29) is 12.5 Å². The zero-order valence-corrected chi connectivity index (χ0v) is 10.5. The maximum Gasteiger partial charge on any atom is 0.239 e. The van der Waals surface area contributed by atoms with Gasteiger partial charge in [-0.3, -0.25) is 4.79 Å². The molecule has 0 atom stereocenters. The molecule has 2 heterocycles. The Morgan fingerprint density at radius 1 is 1.42 bits per heavy atom. The Hall–Kier alpha value is -2.44. The fourth-order valence-corrected chi connectivity index (χ4v) is 2.07. The molecule has 0 fully saturated rings. The first-order chi connectivity index (χ1) is 9.19. The predicted octanol–water partition coefficient (Wildman–Crippen LogP) is 0.136. The molecular formula is C12H14N4O3. The number of nitrogens with two attached hydrogens (primary N) is 1. The van der Waals surface area contributed by atoms with Crippen molar-refractivity contribution in [1.29, 1.82) is 0 Å². The lowest BCUT2D eigenvalue weighted by molar-refractivity contribution is -0.121. The average molecular weight is 262 g/mol. The Balaban J connectivity index is 2.11. The van der Waals surface area contributed by atoms with Gasteiger partial charge in [0.05, 0.1) is 11.0 Å². The highest BCUT2D eigenvalue weighted by molar-refractivity contribution is 5.85. The van der Waals surface area contributed by atoms with E-state index in [0.717, 1.165) is 5.52 Å². The molecule has 100 valence electrons. The summed E-state index contributed by atoms with van der Waals surface area (Å²) in [5.74, 6) is 1.46. The second-order valence-electron chi connectivity index (χ2n) is 4.21. The van der Waals surface area contributed by atoms with Crippen molar-refractivity contribution in [1.82, 2.24) is 14.9 Å². The van der Waals surface area contributed by atoms with E-state index in [1.165, 1.54) is 0 Å². The van der Waals surface area contributed by atoms with Gasteiger partial charge in [-0.2, -0.15) is 0 Å². The number of nitrogens with zero attached hydrogens (tertiary/aromatic N) is 2. The Kier molecular flexibility index (Phi) is 2.66. The first-order valence-corrected chi connectivity index (χ1v) is 5.95. The third-order valence-electron chi connectivity index (χ3n) is 3.02. The maximum atomic E-state index is 11.5. The highest BCUT2D eigenvalue weighted by Crippen LogP contribution is 2.35. The number of nitrogen functional groups attached to an aromatic ring is 1. The molecule has 7 nitrogen and oxygen atoms in total. The summed E-state index contributed by atoms with van der Waals surface area (Å²) in [6.45, 7) is 1.16. The normalized spacial score (nSPS) is 13.5. The number of imidazole rings is 1. The van der Waals surface area contributed by atoms with Gasteiger partial charge in [0.15, 0.2) is 11.5 Å². The van der Waals surface area contributed by atoms with Crippen molar-refractivity contribution >= 4 is 22.9 Å². The summed E-state index contributed by atoms with van der Waals surface area (Å²) in [4.78, 5) is 15.7. The van der Waals surface area contributed by atoms with Gasteiger partial charge in [0.2, 0.25) is 11.9 Å². The van der Waals surface area contributed by atoms with Crippen LogP contribution in [0.2, 0.25) is 0 Å². The van der Waals surface area contributed by atoms with E-state index in [0.29, 0.717) is 36.2 Å². The molecule has 3 N–H and O–H groups in total. The topological polar surface area (TPSA) is 91.4 Å². The molecule has 1 aromatic carbocycles. The molecule has 0 unspecified atom stereocenters. The van der Waals surface area contributed by atoms with E-state index in [4.69, 9.17) is 15.2 Å². The van der Waals surface area contributed by atoms with Gasteiger partial charge >= 0.3 is 0 Å². The van der Waals surface area contributed by atoms with Crippen LogP contribution in [-0.4, -0.2) is 35.7 Å². The number of amides is 1. The van der Waals surface area contributed by atoms with E-state index in [1.54, 1.807) is 23.7 Å². The molecule has 19 heavy (non-hydrogen) atoms. The number of benzene rings is 1. The lowest BCUT2D eigenvalue weighted by Crippen LogP contribution is -2.24. The number of ether oxygens (including phenoxy) is 2. The molecule has 1 amide bonds. The second-order valence-corrected chi connectivity index (χ2v) is 4.21. The quantitative estimate of drug-likeness (QED) is 0.803. The van der Waals surface area contributed by atoms with Gasteiger partial charge < -0.3 is 25.1 Å². The number of nitrogens with one attached hydrogen (secondary N) is 1. The van der Waals surface area contributed by atoms with Crippen molar-refractivity contribution in [2.24, 2.45) is 0 Å². The van der Waals surface area contributed by atoms with Gasteiger partial charge in [-0.1, -0.05) is 0 Å². The minimum absolute atomic E-state index is 0.123. The van der Waals surface area contributed by atoms with Crippen LogP contribution in [0.1, 0.15) is 0 Å². The third-order valence-corrected chi connectivity index (χ3v) is 3.02. The largest absolute Gasteiger partial charge is 0.486 e. The number of carbonyl (C=O) groups excluding carboxylic acids is 1. The number of hydrogen-bond acceptors (Lipinski definition) is 5. The summed E-state index contributed by atoms with van der Waals surface area (Å²) in [5.41, 5.74) is 7.29. The van der Waals surface area contributed by atoms with E-state index in [9.17, 15) is 4.79 Å². The molecule has 0 radical (unpaired) electrons. The summed E-state index contributed by atoms with van der Waals surface area (Å²) in [6.07, 6.45) is 0. The first-order valence-electron chi connectivity index (χ1n) is 5.95. The summed E-state index contributed by atoms with van der Waals surface area (Å²) in [5, 5.41) is 2.56. The van der Waals surface area contributed by atoms with E-state index in [1.807, 2.05) is 0 Å². The number of hydrogen-bond donors (Lipinski definition) is 2. The molecule has 0 spiro atoms. The highest BCUT2D eigenvalue weighted by Gasteiger charge is 2.18.